The molecule has 1 atom stereocenters. The number of rotatable bonds is 1. The first-order valence-electron chi connectivity index (χ1n) is 5.58. The molecule has 1 aromatic carbocycles. The Morgan fingerprint density at radius 1 is 1.31 bits per heavy atom. The van der Waals surface area contributed by atoms with Crippen LogP contribution in [0.2, 0.25) is 0 Å². The molecule has 1 fully saturated rings. The van der Waals surface area contributed by atoms with Gasteiger partial charge in [0.15, 0.2) is 5.66 Å². The molecule has 4 heteroatoms. The van der Waals surface area contributed by atoms with E-state index in [1.165, 1.54) is 5.56 Å². The Labute approximate surface area is 104 Å². The smallest absolute Gasteiger partial charge is 0.194 e. The zero-order valence-electron chi connectivity index (χ0n) is 9.23. The molecular weight excluding hydrogens is 266 g/mol. The fourth-order valence-electron chi connectivity index (χ4n) is 2.39. The van der Waals surface area contributed by atoms with Gasteiger partial charge in [0.05, 0.1) is 0 Å². The van der Waals surface area contributed by atoms with Crippen molar-refractivity contribution in [1.29, 1.82) is 0 Å². The van der Waals surface area contributed by atoms with Crippen LogP contribution in [0, 0.1) is 0 Å². The number of hydrogen-bond donors (Lipinski definition) is 0. The van der Waals surface area contributed by atoms with Crippen molar-refractivity contribution in [2.24, 2.45) is 10.2 Å². The Hall–Kier alpha value is -0.740. The topological polar surface area (TPSA) is 28.0 Å². The predicted molar refractivity (Wildman–Crippen MR) is 66.3 cm³/mol. The van der Waals surface area contributed by atoms with Crippen molar-refractivity contribution in [3.05, 3.63) is 34.3 Å². The second-order valence-corrected chi connectivity index (χ2v) is 5.60. The molecule has 2 aliphatic heterocycles. The van der Waals surface area contributed by atoms with Crippen LogP contribution in [0.1, 0.15) is 24.4 Å². The lowest BCUT2D eigenvalue weighted by molar-refractivity contribution is 0.155. The Balaban J connectivity index is 1.84. The number of benzene rings is 1. The van der Waals surface area contributed by atoms with Gasteiger partial charge >= 0.3 is 0 Å². The van der Waals surface area contributed by atoms with Gasteiger partial charge in [-0.15, -0.1) is 0 Å². The number of hydrogen-bond acceptors (Lipinski definition) is 3. The van der Waals surface area contributed by atoms with Crippen LogP contribution < -0.4 is 0 Å². The van der Waals surface area contributed by atoms with Gasteiger partial charge in [-0.05, 0) is 24.7 Å². The summed E-state index contributed by atoms with van der Waals surface area (Å²) in [5.41, 5.74) is 1.34. The zero-order valence-corrected chi connectivity index (χ0v) is 10.8. The standard InChI is InChI=1S/C12H14BrN3/c1-16-7-6-12(14-15-12)8-11(16)9-2-4-10(13)5-3-9/h2-5,11H,6-8H2,1H3. The summed E-state index contributed by atoms with van der Waals surface area (Å²) in [6.07, 6.45) is 2.11. The highest BCUT2D eigenvalue weighted by atomic mass is 79.9. The highest BCUT2D eigenvalue weighted by Crippen LogP contribution is 2.45. The van der Waals surface area contributed by atoms with Crippen LogP contribution in [0.25, 0.3) is 0 Å². The third-order valence-electron chi connectivity index (χ3n) is 3.55. The van der Waals surface area contributed by atoms with Gasteiger partial charge in [0, 0.05) is 29.9 Å². The molecule has 0 bridgehead atoms. The summed E-state index contributed by atoms with van der Waals surface area (Å²) in [7, 11) is 2.18. The minimum Gasteiger partial charge on any atom is -0.299 e. The van der Waals surface area contributed by atoms with E-state index in [1.807, 2.05) is 0 Å². The molecule has 3 nitrogen and oxygen atoms in total. The first kappa shape index (κ1) is 10.4. The molecule has 2 heterocycles. The maximum Gasteiger partial charge on any atom is 0.194 e. The molecule has 0 N–H and O–H groups in total. The van der Waals surface area contributed by atoms with Gasteiger partial charge in [-0.2, -0.15) is 10.2 Å². The molecule has 0 aromatic heterocycles. The van der Waals surface area contributed by atoms with E-state index >= 15 is 0 Å². The van der Waals surface area contributed by atoms with E-state index < -0.39 is 0 Å². The summed E-state index contributed by atoms with van der Waals surface area (Å²) in [6.45, 7) is 1.08. The molecule has 0 aliphatic carbocycles. The van der Waals surface area contributed by atoms with E-state index in [2.05, 4.69) is 62.4 Å². The van der Waals surface area contributed by atoms with E-state index in [1.54, 1.807) is 0 Å². The molecule has 2 aliphatic rings. The maximum atomic E-state index is 4.21. The predicted octanol–water partition coefficient (Wildman–Crippen LogP) is 3.38. The van der Waals surface area contributed by atoms with Crippen molar-refractivity contribution in [3.8, 4) is 0 Å². The summed E-state index contributed by atoms with van der Waals surface area (Å²) in [6, 6.07) is 9.04. The molecule has 1 saturated heterocycles. The monoisotopic (exact) mass is 279 g/mol. The van der Waals surface area contributed by atoms with Crippen molar-refractivity contribution in [2.75, 3.05) is 13.6 Å². The minimum absolute atomic E-state index is 0.0236. The van der Waals surface area contributed by atoms with E-state index in [4.69, 9.17) is 0 Å². The number of halogens is 1. The molecule has 1 aromatic rings. The van der Waals surface area contributed by atoms with E-state index in [0.29, 0.717) is 6.04 Å². The second kappa shape index (κ2) is 3.64. The maximum absolute atomic E-state index is 4.21. The molecule has 84 valence electrons. The van der Waals surface area contributed by atoms with E-state index in [0.717, 1.165) is 23.9 Å². The fourth-order valence-corrected chi connectivity index (χ4v) is 2.65. The molecular formula is C12H14BrN3. The van der Waals surface area contributed by atoms with Crippen LogP contribution in [0.5, 0.6) is 0 Å². The molecule has 0 saturated carbocycles. The second-order valence-electron chi connectivity index (χ2n) is 4.68. The van der Waals surface area contributed by atoms with E-state index in [9.17, 15) is 0 Å². The summed E-state index contributed by atoms with van der Waals surface area (Å²) < 4.78 is 1.13. The van der Waals surface area contributed by atoms with Gasteiger partial charge in [0.25, 0.3) is 0 Å². The lowest BCUT2D eigenvalue weighted by atomic mass is 9.90. The normalized spacial score (nSPS) is 27.2. The Bertz CT molecular complexity index is 420. The van der Waals surface area contributed by atoms with Crippen molar-refractivity contribution in [3.63, 3.8) is 0 Å². The molecule has 1 unspecified atom stereocenters. The average Bonchev–Trinajstić information content (AvgIpc) is 3.04. The van der Waals surface area contributed by atoms with Crippen molar-refractivity contribution < 1.29 is 0 Å². The molecule has 0 radical (unpaired) electrons. The summed E-state index contributed by atoms with van der Waals surface area (Å²) in [4.78, 5) is 2.40. The summed E-state index contributed by atoms with van der Waals surface area (Å²) in [5, 5.41) is 8.42. The highest BCUT2D eigenvalue weighted by Gasteiger charge is 2.46. The van der Waals surface area contributed by atoms with Crippen molar-refractivity contribution in [2.45, 2.75) is 24.5 Å². The SMILES string of the molecule is CN1CCC2(CC1c1ccc(Br)cc1)N=N2. The van der Waals surface area contributed by atoms with Crippen molar-refractivity contribution in [1.82, 2.24) is 4.90 Å². The van der Waals surface area contributed by atoms with Crippen LogP contribution in [0.4, 0.5) is 0 Å². The molecule has 3 rings (SSSR count). The lowest BCUT2D eigenvalue weighted by Crippen LogP contribution is -2.37. The largest absolute Gasteiger partial charge is 0.299 e. The first-order chi connectivity index (χ1) is 7.69. The van der Waals surface area contributed by atoms with Crippen molar-refractivity contribution >= 4 is 15.9 Å². The molecule has 0 amide bonds. The van der Waals surface area contributed by atoms with Crippen LogP contribution >= 0.6 is 15.9 Å². The average molecular weight is 280 g/mol. The fraction of sp³-hybridized carbons (Fsp3) is 0.500. The van der Waals surface area contributed by atoms with Crippen LogP contribution in [-0.4, -0.2) is 24.2 Å². The van der Waals surface area contributed by atoms with Gasteiger partial charge in [-0.1, -0.05) is 28.1 Å². The van der Waals surface area contributed by atoms with Gasteiger partial charge < -0.3 is 0 Å². The van der Waals surface area contributed by atoms with Crippen LogP contribution in [0.15, 0.2) is 39.0 Å². The molecule has 1 spiro atoms. The van der Waals surface area contributed by atoms with Gasteiger partial charge in [0.1, 0.15) is 0 Å². The highest BCUT2D eigenvalue weighted by molar-refractivity contribution is 9.10. The molecule has 16 heavy (non-hydrogen) atoms. The number of likely N-dealkylation sites (tertiary alicyclic amines) is 1. The van der Waals surface area contributed by atoms with Gasteiger partial charge in [-0.3, -0.25) is 4.90 Å². The first-order valence-corrected chi connectivity index (χ1v) is 6.38. The number of nitrogens with zero attached hydrogens (tertiary/aromatic N) is 3. The third-order valence-corrected chi connectivity index (χ3v) is 4.08. The Morgan fingerprint density at radius 3 is 2.62 bits per heavy atom. The summed E-state index contributed by atoms with van der Waals surface area (Å²) in [5.74, 6) is 0. The third kappa shape index (κ3) is 1.80. The quantitative estimate of drug-likeness (QED) is 0.775. The number of piperidine rings is 1. The zero-order chi connectivity index (χ0) is 11.2. The Morgan fingerprint density at radius 2 is 2.00 bits per heavy atom. The summed E-state index contributed by atoms with van der Waals surface area (Å²) >= 11 is 3.47. The Kier molecular flexibility index (Phi) is 2.37. The van der Waals surface area contributed by atoms with E-state index in [-0.39, 0.29) is 5.66 Å². The van der Waals surface area contributed by atoms with Gasteiger partial charge in [-0.25, -0.2) is 0 Å². The van der Waals surface area contributed by atoms with Crippen LogP contribution in [0.3, 0.4) is 0 Å². The van der Waals surface area contributed by atoms with Gasteiger partial charge in [0.2, 0.25) is 0 Å². The van der Waals surface area contributed by atoms with Crippen LogP contribution in [-0.2, 0) is 0 Å². The minimum atomic E-state index is -0.0236. The lowest BCUT2D eigenvalue weighted by Gasteiger charge is -2.35.